The van der Waals surface area contributed by atoms with Crippen LogP contribution in [-0.4, -0.2) is 262 Å². The predicted molar refractivity (Wildman–Crippen MR) is 177 cm³/mol. The van der Waals surface area contributed by atoms with E-state index in [0.717, 1.165) is 6.92 Å². The molecule has 0 radical (unpaired) electrons. The third kappa shape index (κ3) is 9.97. The third-order valence-electron chi connectivity index (χ3n) is 10.6. The predicted octanol–water partition coefficient (Wildman–Crippen LogP) is -10.7. The van der Waals surface area contributed by atoms with Gasteiger partial charge in [-0.05, 0) is 6.92 Å². The maximum absolute atomic E-state index is 12.1. The minimum absolute atomic E-state index is 0.764. The number of carboxylic acid groups (broad SMARTS) is 1. The molecule has 5 fully saturated rings. The molecule has 5 saturated heterocycles. The van der Waals surface area contributed by atoms with Crippen LogP contribution in [0, 0.1) is 0 Å². The molecule has 16 N–H and O–H groups in total. The Labute approximate surface area is 333 Å². The zero-order valence-corrected chi connectivity index (χ0v) is 31.3. The van der Waals surface area contributed by atoms with Crippen LogP contribution in [-0.2, 0) is 52.2 Å². The van der Waals surface area contributed by atoms with E-state index in [2.05, 4.69) is 5.32 Å². The average Bonchev–Trinajstić information content (AvgIpc) is 3.19. The van der Waals surface area contributed by atoms with Gasteiger partial charge < -0.3 is 125 Å². The molecular formula is C32H53NO26. The molecule has 27 nitrogen and oxygen atoms in total. The standard InChI is InChI=1S/C32H53NO26/c1-6-12(38)16(42)19(45)29(51-6)59-26-24(15(41)10(5-36)54-32(26)55-22-11(33-7(2)37)28(50)52-8(3-34)13(22)39)57-31-21(47)23(14(40)9(4-35)53-31)56-30-20(46)17(43)18(44)25(58-30)27(48)49/h6,8-26,28-32,34-36,38-47,50H,3-5H2,1-2H3,(H,33,37)(H,48,49)/t6-,8+,9+,10+,11+,12+,13-,14-,15-,16+,17-,18-,19-,20+,21+,22+,23-,24-,25-,26+,28-,29-,30+,31-,32-/m0/s1. The van der Waals surface area contributed by atoms with Gasteiger partial charge in [0.05, 0.1) is 25.9 Å². The van der Waals surface area contributed by atoms with E-state index < -0.39 is 185 Å². The topological polar surface area (TPSA) is 433 Å². The molecule has 0 unspecified atom stereocenters. The van der Waals surface area contributed by atoms with E-state index >= 15 is 0 Å². The summed E-state index contributed by atoms with van der Waals surface area (Å²) < 4.78 is 50.7. The van der Waals surface area contributed by atoms with Crippen LogP contribution < -0.4 is 5.32 Å². The first kappa shape index (κ1) is 48.1. The molecule has 27 heteroatoms. The van der Waals surface area contributed by atoms with Crippen LogP contribution in [0.5, 0.6) is 0 Å². The third-order valence-corrected chi connectivity index (χ3v) is 10.6. The molecule has 5 heterocycles. The molecule has 5 rings (SSSR count). The van der Waals surface area contributed by atoms with Crippen molar-refractivity contribution in [3.63, 3.8) is 0 Å². The van der Waals surface area contributed by atoms with Gasteiger partial charge in [-0.1, -0.05) is 0 Å². The summed E-state index contributed by atoms with van der Waals surface area (Å²) in [6.45, 7) is -0.626. The maximum atomic E-state index is 12.1. The van der Waals surface area contributed by atoms with Crippen LogP contribution in [0.1, 0.15) is 13.8 Å². The molecule has 5 aliphatic heterocycles. The summed E-state index contributed by atoms with van der Waals surface area (Å²) in [6.07, 6.45) is -47.0. The second-order valence-electron chi connectivity index (χ2n) is 14.7. The minimum atomic E-state index is -2.27. The molecule has 1 amide bonds. The van der Waals surface area contributed by atoms with Crippen LogP contribution in [0.2, 0.25) is 0 Å². The Balaban J connectivity index is 1.51. The van der Waals surface area contributed by atoms with E-state index in [4.69, 9.17) is 42.6 Å². The summed E-state index contributed by atoms with van der Waals surface area (Å²) >= 11 is 0. The Bertz CT molecular complexity index is 1390. The smallest absolute Gasteiger partial charge is 0.335 e. The lowest BCUT2D eigenvalue weighted by molar-refractivity contribution is -0.405. The Morgan fingerprint density at radius 2 is 0.932 bits per heavy atom. The first-order chi connectivity index (χ1) is 27.7. The number of carboxylic acids is 1. The second-order valence-corrected chi connectivity index (χ2v) is 14.7. The van der Waals surface area contributed by atoms with Crippen LogP contribution in [0.4, 0.5) is 0 Å². The Morgan fingerprint density at radius 3 is 1.49 bits per heavy atom. The van der Waals surface area contributed by atoms with Crippen molar-refractivity contribution in [1.29, 1.82) is 0 Å². The summed E-state index contributed by atoms with van der Waals surface area (Å²) in [6, 6.07) is -1.62. The molecule has 0 saturated carbocycles. The van der Waals surface area contributed by atoms with Gasteiger partial charge in [0.1, 0.15) is 110 Å². The fourth-order valence-corrected chi connectivity index (χ4v) is 7.32. The van der Waals surface area contributed by atoms with E-state index in [1.54, 1.807) is 0 Å². The molecule has 0 aliphatic carbocycles. The van der Waals surface area contributed by atoms with E-state index in [-0.39, 0.29) is 0 Å². The van der Waals surface area contributed by atoms with Gasteiger partial charge in [-0.2, -0.15) is 0 Å². The lowest BCUT2D eigenvalue weighted by Gasteiger charge is -2.51. The van der Waals surface area contributed by atoms with Gasteiger partial charge in [0.2, 0.25) is 5.91 Å². The summed E-state index contributed by atoms with van der Waals surface area (Å²) in [5, 5.41) is 160. The maximum Gasteiger partial charge on any atom is 0.335 e. The number of carbonyl (C=O) groups excluding carboxylic acids is 1. The zero-order chi connectivity index (χ0) is 43.8. The number of ether oxygens (including phenoxy) is 9. The van der Waals surface area contributed by atoms with Gasteiger partial charge in [-0.25, -0.2) is 4.79 Å². The highest BCUT2D eigenvalue weighted by Gasteiger charge is 2.58. The highest BCUT2D eigenvalue weighted by atomic mass is 16.8. The van der Waals surface area contributed by atoms with Crippen molar-refractivity contribution in [2.45, 2.75) is 167 Å². The Hall–Kier alpha value is -1.98. The van der Waals surface area contributed by atoms with Gasteiger partial charge in [-0.15, -0.1) is 0 Å². The van der Waals surface area contributed by atoms with E-state index in [9.17, 15) is 86.2 Å². The van der Waals surface area contributed by atoms with Crippen molar-refractivity contribution in [3.8, 4) is 0 Å². The lowest BCUT2D eigenvalue weighted by Crippen LogP contribution is -2.70. The molecule has 0 spiro atoms. The molecule has 59 heavy (non-hydrogen) atoms. The number of aliphatic hydroxyl groups is 14. The minimum Gasteiger partial charge on any atom is -0.479 e. The molecule has 5 aliphatic rings. The highest BCUT2D eigenvalue weighted by Crippen LogP contribution is 2.37. The monoisotopic (exact) mass is 867 g/mol. The summed E-state index contributed by atoms with van der Waals surface area (Å²) in [4.78, 5) is 23.8. The van der Waals surface area contributed by atoms with Crippen molar-refractivity contribution in [3.05, 3.63) is 0 Å². The van der Waals surface area contributed by atoms with Crippen molar-refractivity contribution in [1.82, 2.24) is 5.32 Å². The molecule has 0 aromatic rings. The van der Waals surface area contributed by atoms with E-state index in [1.807, 2.05) is 0 Å². The first-order valence-corrected chi connectivity index (χ1v) is 18.5. The van der Waals surface area contributed by atoms with Crippen molar-refractivity contribution < 1.29 is 129 Å². The number of rotatable bonds is 13. The molecule has 342 valence electrons. The largest absolute Gasteiger partial charge is 0.479 e. The van der Waals surface area contributed by atoms with E-state index in [1.165, 1.54) is 6.92 Å². The van der Waals surface area contributed by atoms with Crippen LogP contribution >= 0.6 is 0 Å². The van der Waals surface area contributed by atoms with Crippen LogP contribution in [0.25, 0.3) is 0 Å². The number of carbonyl (C=O) groups is 2. The van der Waals surface area contributed by atoms with Crippen LogP contribution in [0.3, 0.4) is 0 Å². The summed E-state index contributed by atoms with van der Waals surface area (Å²) in [7, 11) is 0. The molecule has 0 aromatic carbocycles. The molecule has 0 bridgehead atoms. The number of aliphatic hydroxyl groups excluding tert-OH is 14. The van der Waals surface area contributed by atoms with Gasteiger partial charge in [0.15, 0.2) is 37.6 Å². The Morgan fingerprint density at radius 1 is 0.492 bits per heavy atom. The number of nitrogens with one attached hydrogen (secondary N) is 1. The van der Waals surface area contributed by atoms with E-state index in [0.29, 0.717) is 0 Å². The fourth-order valence-electron chi connectivity index (χ4n) is 7.32. The number of hydrogen-bond donors (Lipinski definition) is 16. The van der Waals surface area contributed by atoms with Gasteiger partial charge in [0.25, 0.3) is 0 Å². The first-order valence-electron chi connectivity index (χ1n) is 18.5. The average molecular weight is 868 g/mol. The molecular weight excluding hydrogens is 814 g/mol. The number of aliphatic carboxylic acids is 1. The summed E-state index contributed by atoms with van der Waals surface area (Å²) in [5.74, 6) is -2.56. The Kier molecular flexibility index (Phi) is 16.3. The normalized spacial score (nSPS) is 50.9. The lowest BCUT2D eigenvalue weighted by atomic mass is 9.94. The fraction of sp³-hybridized carbons (Fsp3) is 0.938. The SMILES string of the molecule is CC(=O)N[C@@H]1[C@@H](O[C@@H]2O[C@H](CO)[C@H](O)[C@H](O[C@@H]3O[C@H](CO)[C@H](O)[C@H](O[C@@H]4O[C@H](C(=O)O)[C@@H](O)[C@H](O)[C@H]4O)[C@H]3O)[C@H]2O[C@@H]2O[C@@H](C)[C@@H](O)[C@@H](O)[C@@H]2O)[C@@H](O)[C@@H](CO)O[C@@H]1O. The quantitative estimate of drug-likeness (QED) is 0.0817. The van der Waals surface area contributed by atoms with Crippen molar-refractivity contribution in [2.24, 2.45) is 0 Å². The molecule has 25 atom stereocenters. The van der Waals surface area contributed by atoms with Crippen molar-refractivity contribution in [2.75, 3.05) is 19.8 Å². The van der Waals surface area contributed by atoms with Crippen LogP contribution in [0.15, 0.2) is 0 Å². The van der Waals surface area contributed by atoms with Gasteiger partial charge >= 0.3 is 5.97 Å². The second kappa shape index (κ2) is 20.0. The van der Waals surface area contributed by atoms with Crippen molar-refractivity contribution >= 4 is 11.9 Å². The number of amides is 1. The van der Waals surface area contributed by atoms with Gasteiger partial charge in [0, 0.05) is 6.92 Å². The number of hydrogen-bond acceptors (Lipinski definition) is 25. The highest BCUT2D eigenvalue weighted by molar-refractivity contribution is 5.73. The molecule has 0 aromatic heterocycles. The zero-order valence-electron chi connectivity index (χ0n) is 31.3. The summed E-state index contributed by atoms with van der Waals surface area (Å²) in [5.41, 5.74) is 0. The van der Waals surface area contributed by atoms with Gasteiger partial charge in [-0.3, -0.25) is 4.79 Å².